The Morgan fingerprint density at radius 3 is 0.833 bits per heavy atom. The van der Waals surface area contributed by atoms with E-state index in [1.54, 1.807) is 0 Å². The smallest absolute Gasteiger partial charge is 0.101 e. The summed E-state index contributed by atoms with van der Waals surface area (Å²) in [5.41, 5.74) is 0. The van der Waals surface area contributed by atoms with Gasteiger partial charge in [0, 0.05) is 25.5 Å². The standard InChI is InChI=1S/C40H80N2/c1-4-7-10-13-16-19-21-22-24-26-29-32-35-40-41(36-33-30-27-18-15-12-9-6-3)38-39-42(40)37-34-31-28-25-23-20-17-14-11-8-5-2/h38-40H,4-37H2,1-3H3. The van der Waals surface area contributed by atoms with Gasteiger partial charge < -0.3 is 9.80 Å². The van der Waals surface area contributed by atoms with Gasteiger partial charge in [-0.3, -0.25) is 0 Å². The van der Waals surface area contributed by atoms with Gasteiger partial charge in [0.1, 0.15) is 6.17 Å². The van der Waals surface area contributed by atoms with Gasteiger partial charge in [0.25, 0.3) is 0 Å². The first kappa shape index (κ1) is 39.4. The van der Waals surface area contributed by atoms with Crippen LogP contribution >= 0.6 is 0 Å². The quantitative estimate of drug-likeness (QED) is 0.0690. The molecule has 0 aromatic rings. The second kappa shape index (κ2) is 31.8. The van der Waals surface area contributed by atoms with Crippen LogP contribution in [0.4, 0.5) is 0 Å². The lowest BCUT2D eigenvalue weighted by Gasteiger charge is -2.33. The van der Waals surface area contributed by atoms with E-state index >= 15 is 0 Å². The highest BCUT2D eigenvalue weighted by Crippen LogP contribution is 2.24. The van der Waals surface area contributed by atoms with Gasteiger partial charge in [-0.1, -0.05) is 201 Å². The van der Waals surface area contributed by atoms with Crippen LogP contribution in [0.5, 0.6) is 0 Å². The second-order valence-corrected chi connectivity index (χ2v) is 13.9. The first-order valence-corrected chi connectivity index (χ1v) is 20.0. The van der Waals surface area contributed by atoms with Gasteiger partial charge in [0.05, 0.1) is 0 Å². The highest BCUT2D eigenvalue weighted by molar-refractivity contribution is 4.97. The van der Waals surface area contributed by atoms with E-state index in [1.807, 2.05) is 0 Å². The highest BCUT2D eigenvalue weighted by atomic mass is 15.4. The molecule has 0 aromatic carbocycles. The molecule has 1 aliphatic heterocycles. The first-order chi connectivity index (χ1) is 20.8. The van der Waals surface area contributed by atoms with Crippen molar-refractivity contribution in [3.63, 3.8) is 0 Å². The van der Waals surface area contributed by atoms with E-state index in [2.05, 4.69) is 43.0 Å². The average molecular weight is 589 g/mol. The van der Waals surface area contributed by atoms with Crippen LogP contribution in [0.15, 0.2) is 12.4 Å². The highest BCUT2D eigenvalue weighted by Gasteiger charge is 2.24. The zero-order valence-electron chi connectivity index (χ0n) is 29.7. The second-order valence-electron chi connectivity index (χ2n) is 13.9. The molecule has 1 heterocycles. The Balaban J connectivity index is 2.22. The largest absolute Gasteiger partial charge is 0.356 e. The van der Waals surface area contributed by atoms with Gasteiger partial charge in [-0.15, -0.1) is 0 Å². The van der Waals surface area contributed by atoms with Crippen molar-refractivity contribution >= 4 is 0 Å². The van der Waals surface area contributed by atoms with Crippen LogP contribution < -0.4 is 0 Å². The lowest BCUT2D eigenvalue weighted by Crippen LogP contribution is -2.39. The zero-order valence-corrected chi connectivity index (χ0v) is 29.7. The van der Waals surface area contributed by atoms with Crippen LogP contribution in [0.2, 0.25) is 0 Å². The van der Waals surface area contributed by atoms with Crippen molar-refractivity contribution in [2.24, 2.45) is 0 Å². The fourth-order valence-electron chi connectivity index (χ4n) is 6.89. The predicted molar refractivity (Wildman–Crippen MR) is 191 cm³/mol. The van der Waals surface area contributed by atoms with Crippen LogP contribution in [-0.2, 0) is 0 Å². The summed E-state index contributed by atoms with van der Waals surface area (Å²) in [6.45, 7) is 9.48. The van der Waals surface area contributed by atoms with Gasteiger partial charge >= 0.3 is 0 Å². The molecule has 1 unspecified atom stereocenters. The van der Waals surface area contributed by atoms with Crippen molar-refractivity contribution in [3.8, 4) is 0 Å². The van der Waals surface area contributed by atoms with E-state index in [-0.39, 0.29) is 0 Å². The van der Waals surface area contributed by atoms with E-state index in [0.29, 0.717) is 6.17 Å². The van der Waals surface area contributed by atoms with Crippen molar-refractivity contribution in [1.29, 1.82) is 0 Å². The normalized spacial score (nSPS) is 15.0. The maximum Gasteiger partial charge on any atom is 0.101 e. The maximum absolute atomic E-state index is 2.72. The van der Waals surface area contributed by atoms with Crippen LogP contribution in [0.25, 0.3) is 0 Å². The molecule has 0 spiro atoms. The first-order valence-electron chi connectivity index (χ1n) is 20.0. The minimum Gasteiger partial charge on any atom is -0.356 e. The summed E-state index contributed by atoms with van der Waals surface area (Å²) in [6, 6.07) is 0. The van der Waals surface area contributed by atoms with Gasteiger partial charge in [0.15, 0.2) is 0 Å². The summed E-state index contributed by atoms with van der Waals surface area (Å²) in [6.07, 6.45) is 51.4. The molecule has 0 saturated heterocycles. The predicted octanol–water partition coefficient (Wildman–Crippen LogP) is 13.9. The van der Waals surface area contributed by atoms with Crippen molar-refractivity contribution in [1.82, 2.24) is 9.80 Å². The monoisotopic (exact) mass is 589 g/mol. The number of nitrogens with zero attached hydrogens (tertiary/aromatic N) is 2. The van der Waals surface area contributed by atoms with Gasteiger partial charge in [0.2, 0.25) is 0 Å². The minimum atomic E-state index is 0.640. The molecule has 1 atom stereocenters. The molecule has 1 aliphatic rings. The average Bonchev–Trinajstić information content (AvgIpc) is 3.38. The van der Waals surface area contributed by atoms with Crippen LogP contribution in [0, 0.1) is 0 Å². The molecular weight excluding hydrogens is 508 g/mol. The molecule has 1 rings (SSSR count). The van der Waals surface area contributed by atoms with Crippen LogP contribution in [-0.4, -0.2) is 29.1 Å². The topological polar surface area (TPSA) is 6.48 Å². The number of hydrogen-bond donors (Lipinski definition) is 0. The summed E-state index contributed by atoms with van der Waals surface area (Å²) in [5.74, 6) is 0. The maximum atomic E-state index is 2.72. The van der Waals surface area contributed by atoms with E-state index in [4.69, 9.17) is 0 Å². The molecule has 42 heavy (non-hydrogen) atoms. The molecule has 0 amide bonds. The zero-order chi connectivity index (χ0) is 30.2. The molecule has 0 bridgehead atoms. The van der Waals surface area contributed by atoms with Crippen LogP contribution in [0.1, 0.15) is 226 Å². The Hall–Kier alpha value is -0.660. The number of hydrogen-bond acceptors (Lipinski definition) is 2. The summed E-state index contributed by atoms with van der Waals surface area (Å²) in [4.78, 5) is 5.44. The lowest BCUT2D eigenvalue weighted by molar-refractivity contribution is 0.135. The molecule has 0 N–H and O–H groups in total. The summed E-state index contributed by atoms with van der Waals surface area (Å²) >= 11 is 0. The van der Waals surface area contributed by atoms with E-state index in [9.17, 15) is 0 Å². The van der Waals surface area contributed by atoms with E-state index in [0.717, 1.165) is 0 Å². The Morgan fingerprint density at radius 2 is 0.548 bits per heavy atom. The Kier molecular flexibility index (Phi) is 29.8. The fraction of sp³-hybridized carbons (Fsp3) is 0.950. The van der Waals surface area contributed by atoms with Crippen molar-refractivity contribution in [2.45, 2.75) is 232 Å². The molecule has 0 aliphatic carbocycles. The Morgan fingerprint density at radius 1 is 0.310 bits per heavy atom. The van der Waals surface area contributed by atoms with Crippen molar-refractivity contribution in [2.75, 3.05) is 13.1 Å². The summed E-state index contributed by atoms with van der Waals surface area (Å²) in [5, 5.41) is 0. The van der Waals surface area contributed by atoms with Crippen molar-refractivity contribution in [3.05, 3.63) is 12.4 Å². The molecule has 2 heteroatoms. The molecular formula is C40H80N2. The molecule has 2 nitrogen and oxygen atoms in total. The third kappa shape index (κ3) is 23.8. The van der Waals surface area contributed by atoms with Gasteiger partial charge in [-0.05, 0) is 25.7 Å². The Bertz CT molecular complexity index is 544. The summed E-state index contributed by atoms with van der Waals surface area (Å²) < 4.78 is 0. The molecule has 250 valence electrons. The van der Waals surface area contributed by atoms with E-state index < -0.39 is 0 Å². The molecule has 0 radical (unpaired) electrons. The number of rotatable bonds is 34. The Labute approximate surface area is 267 Å². The molecule has 0 saturated carbocycles. The molecule has 0 fully saturated rings. The third-order valence-corrected chi connectivity index (χ3v) is 9.82. The third-order valence-electron chi connectivity index (χ3n) is 9.82. The number of unbranched alkanes of at least 4 members (excludes halogenated alkanes) is 28. The van der Waals surface area contributed by atoms with Crippen molar-refractivity contribution < 1.29 is 0 Å². The van der Waals surface area contributed by atoms with Gasteiger partial charge in [-0.2, -0.15) is 0 Å². The van der Waals surface area contributed by atoms with Gasteiger partial charge in [-0.25, -0.2) is 0 Å². The van der Waals surface area contributed by atoms with Crippen LogP contribution in [0.3, 0.4) is 0 Å². The minimum absolute atomic E-state index is 0.640. The molecule has 0 aromatic heterocycles. The lowest BCUT2D eigenvalue weighted by atomic mass is 10.0. The fourth-order valence-corrected chi connectivity index (χ4v) is 6.89. The SMILES string of the molecule is CCCCCCCCCCCCCCC1N(CCCCCCCCCC)C=CN1CCCCCCCCCCCCC. The van der Waals surface area contributed by atoms with E-state index in [1.165, 1.54) is 219 Å². The summed E-state index contributed by atoms with van der Waals surface area (Å²) in [7, 11) is 0.